The minimum atomic E-state index is -4.44. The van der Waals surface area contributed by atoms with Gasteiger partial charge in [0.25, 0.3) is 0 Å². The number of hydrogen-bond donors (Lipinski definition) is 1. The Bertz CT molecular complexity index is 538. The molecule has 0 unspecified atom stereocenters. The molecule has 0 radical (unpaired) electrons. The summed E-state index contributed by atoms with van der Waals surface area (Å²) in [7, 11) is 0. The second-order valence-corrected chi connectivity index (χ2v) is 4.11. The molecule has 2 rings (SSSR count). The van der Waals surface area contributed by atoms with Crippen molar-refractivity contribution in [1.29, 1.82) is 0 Å². The van der Waals surface area contributed by atoms with Gasteiger partial charge in [-0.05, 0) is 18.9 Å². The first kappa shape index (κ1) is 12.7. The van der Waals surface area contributed by atoms with Gasteiger partial charge >= 0.3 is 6.18 Å². The van der Waals surface area contributed by atoms with Crippen LogP contribution in [0.15, 0.2) is 24.3 Å². The number of halogens is 3. The fraction of sp³-hybridized carbons (Fsp3) is 0.308. The number of aromatic nitrogens is 2. The quantitative estimate of drug-likeness (QED) is 0.863. The van der Waals surface area contributed by atoms with E-state index in [0.29, 0.717) is 17.0 Å². The highest BCUT2D eigenvalue weighted by Crippen LogP contribution is 2.30. The Balaban J connectivity index is 2.41. The molecule has 0 aliphatic carbocycles. The molecule has 0 amide bonds. The summed E-state index contributed by atoms with van der Waals surface area (Å²) in [5.41, 5.74) is 2.61. The van der Waals surface area contributed by atoms with Gasteiger partial charge in [0.1, 0.15) is 0 Å². The summed E-state index contributed by atoms with van der Waals surface area (Å²) < 4.78 is 37.6. The van der Waals surface area contributed by atoms with Crippen molar-refractivity contribution in [3.8, 4) is 11.3 Å². The van der Waals surface area contributed by atoms with Crippen molar-refractivity contribution in [1.82, 2.24) is 9.97 Å². The Morgan fingerprint density at radius 3 is 2.22 bits per heavy atom. The number of nitrogens with one attached hydrogen (secondary N) is 1. The molecule has 0 saturated carbocycles. The predicted molar refractivity (Wildman–Crippen MR) is 63.1 cm³/mol. The van der Waals surface area contributed by atoms with Gasteiger partial charge in [0.2, 0.25) is 5.82 Å². The third-order valence-corrected chi connectivity index (χ3v) is 2.79. The molecule has 0 aliphatic heterocycles. The maximum atomic E-state index is 12.5. The fourth-order valence-corrected chi connectivity index (χ4v) is 1.77. The van der Waals surface area contributed by atoms with Gasteiger partial charge in [-0.2, -0.15) is 13.2 Å². The van der Waals surface area contributed by atoms with E-state index in [9.17, 15) is 13.2 Å². The summed E-state index contributed by atoms with van der Waals surface area (Å²) in [5, 5.41) is 0. The molecule has 1 aromatic carbocycles. The van der Waals surface area contributed by atoms with Crippen molar-refractivity contribution in [3.05, 3.63) is 41.3 Å². The second kappa shape index (κ2) is 4.48. The lowest BCUT2D eigenvalue weighted by Crippen LogP contribution is -2.07. The molecule has 96 valence electrons. The molecular formula is C13H13F3N2. The summed E-state index contributed by atoms with van der Waals surface area (Å²) >= 11 is 0. The Hall–Kier alpha value is -1.78. The summed E-state index contributed by atoms with van der Waals surface area (Å²) in [6.45, 7) is 3.61. The lowest BCUT2D eigenvalue weighted by molar-refractivity contribution is -0.144. The molecule has 2 aromatic rings. The molecule has 0 spiro atoms. The highest BCUT2D eigenvalue weighted by atomic mass is 19.4. The Kier molecular flexibility index (Phi) is 3.15. The fourth-order valence-electron chi connectivity index (χ4n) is 1.77. The van der Waals surface area contributed by atoms with Gasteiger partial charge in [0.05, 0.1) is 5.69 Å². The topological polar surface area (TPSA) is 28.7 Å². The summed E-state index contributed by atoms with van der Waals surface area (Å²) in [6.07, 6.45) is -3.54. The molecule has 5 heteroatoms. The maximum absolute atomic E-state index is 12.5. The number of H-pyrrole nitrogens is 1. The Labute approximate surface area is 103 Å². The van der Waals surface area contributed by atoms with E-state index in [4.69, 9.17) is 0 Å². The third kappa shape index (κ3) is 2.39. The zero-order chi connectivity index (χ0) is 13.3. The number of alkyl halides is 3. The van der Waals surface area contributed by atoms with Crippen LogP contribution in [-0.4, -0.2) is 9.97 Å². The van der Waals surface area contributed by atoms with E-state index >= 15 is 0 Å². The molecule has 0 fully saturated rings. The van der Waals surface area contributed by atoms with Gasteiger partial charge < -0.3 is 4.98 Å². The molecule has 0 saturated heterocycles. The third-order valence-electron chi connectivity index (χ3n) is 2.79. The van der Waals surface area contributed by atoms with E-state index in [1.165, 1.54) is 0 Å². The van der Waals surface area contributed by atoms with Crippen LogP contribution >= 0.6 is 0 Å². The van der Waals surface area contributed by atoms with Gasteiger partial charge in [-0.15, -0.1) is 0 Å². The summed E-state index contributed by atoms with van der Waals surface area (Å²) in [5.74, 6) is -0.949. The first-order valence-electron chi connectivity index (χ1n) is 5.65. The van der Waals surface area contributed by atoms with Crippen LogP contribution in [-0.2, 0) is 12.6 Å². The van der Waals surface area contributed by atoms with E-state index < -0.39 is 12.0 Å². The highest BCUT2D eigenvalue weighted by molar-refractivity contribution is 5.62. The standard InChI is InChI=1S/C13H13F3N2/c1-3-9-4-6-10(7-5-9)11-8(2)17-12(18-11)13(14,15)16/h4-7H,3H2,1-2H3,(H,17,18). The zero-order valence-corrected chi connectivity index (χ0v) is 10.1. The average molecular weight is 254 g/mol. The molecule has 1 N–H and O–H groups in total. The summed E-state index contributed by atoms with van der Waals surface area (Å²) in [4.78, 5) is 5.90. The van der Waals surface area contributed by atoms with E-state index in [0.717, 1.165) is 12.0 Å². The number of aromatic amines is 1. The second-order valence-electron chi connectivity index (χ2n) is 4.11. The smallest absolute Gasteiger partial charge is 0.338 e. The number of hydrogen-bond acceptors (Lipinski definition) is 1. The van der Waals surface area contributed by atoms with Gasteiger partial charge in [-0.1, -0.05) is 31.2 Å². The van der Waals surface area contributed by atoms with Crippen LogP contribution in [0.2, 0.25) is 0 Å². The van der Waals surface area contributed by atoms with Gasteiger partial charge in [0, 0.05) is 11.3 Å². The molecule has 1 aromatic heterocycles. The van der Waals surface area contributed by atoms with Crippen molar-refractivity contribution in [2.24, 2.45) is 0 Å². The zero-order valence-electron chi connectivity index (χ0n) is 10.1. The maximum Gasteiger partial charge on any atom is 0.449 e. The largest absolute Gasteiger partial charge is 0.449 e. The van der Waals surface area contributed by atoms with Crippen LogP contribution in [0, 0.1) is 6.92 Å². The molecule has 2 nitrogen and oxygen atoms in total. The highest BCUT2D eigenvalue weighted by Gasteiger charge is 2.35. The summed E-state index contributed by atoms with van der Waals surface area (Å²) in [6, 6.07) is 7.39. The van der Waals surface area contributed by atoms with E-state index in [-0.39, 0.29) is 0 Å². The number of imidazole rings is 1. The number of rotatable bonds is 2. The van der Waals surface area contributed by atoms with Crippen LogP contribution in [0.3, 0.4) is 0 Å². The van der Waals surface area contributed by atoms with Gasteiger partial charge in [0.15, 0.2) is 0 Å². The Morgan fingerprint density at radius 2 is 1.78 bits per heavy atom. The molecule has 0 aliphatic rings. The Morgan fingerprint density at radius 1 is 1.17 bits per heavy atom. The van der Waals surface area contributed by atoms with Crippen LogP contribution in [0.1, 0.15) is 24.0 Å². The monoisotopic (exact) mass is 254 g/mol. The SMILES string of the molecule is CCc1ccc(-c2nc(C(F)(F)F)[nH]c2C)cc1. The van der Waals surface area contributed by atoms with E-state index in [2.05, 4.69) is 9.97 Å². The first-order valence-corrected chi connectivity index (χ1v) is 5.65. The number of aryl methyl sites for hydroxylation is 2. The lowest BCUT2D eigenvalue weighted by Gasteiger charge is -2.01. The van der Waals surface area contributed by atoms with Gasteiger partial charge in [-0.25, -0.2) is 4.98 Å². The van der Waals surface area contributed by atoms with Crippen molar-refractivity contribution in [3.63, 3.8) is 0 Å². The molecule has 0 atom stereocenters. The number of nitrogens with zero attached hydrogens (tertiary/aromatic N) is 1. The normalized spacial score (nSPS) is 11.8. The molecule has 0 bridgehead atoms. The minimum Gasteiger partial charge on any atom is -0.338 e. The molecular weight excluding hydrogens is 241 g/mol. The van der Waals surface area contributed by atoms with Crippen molar-refractivity contribution in [2.75, 3.05) is 0 Å². The van der Waals surface area contributed by atoms with E-state index in [1.54, 1.807) is 19.1 Å². The first-order chi connectivity index (χ1) is 8.41. The predicted octanol–water partition coefficient (Wildman–Crippen LogP) is 3.97. The van der Waals surface area contributed by atoms with Crippen LogP contribution in [0.4, 0.5) is 13.2 Å². The van der Waals surface area contributed by atoms with Crippen LogP contribution in [0.5, 0.6) is 0 Å². The van der Waals surface area contributed by atoms with Crippen LogP contribution < -0.4 is 0 Å². The van der Waals surface area contributed by atoms with Gasteiger partial charge in [-0.3, -0.25) is 0 Å². The van der Waals surface area contributed by atoms with E-state index in [1.807, 2.05) is 19.1 Å². The number of benzene rings is 1. The van der Waals surface area contributed by atoms with Crippen LogP contribution in [0.25, 0.3) is 11.3 Å². The lowest BCUT2D eigenvalue weighted by atomic mass is 10.1. The minimum absolute atomic E-state index is 0.352. The average Bonchev–Trinajstić information content (AvgIpc) is 2.71. The van der Waals surface area contributed by atoms with Crippen molar-refractivity contribution < 1.29 is 13.2 Å². The molecule has 18 heavy (non-hydrogen) atoms. The van der Waals surface area contributed by atoms with Crippen molar-refractivity contribution >= 4 is 0 Å². The molecule has 1 heterocycles. The van der Waals surface area contributed by atoms with Crippen molar-refractivity contribution in [2.45, 2.75) is 26.4 Å².